The molecule has 2 aromatic rings. The standard InChI is InChI=1S/C16H17NO3/c1-10(2)15(18)17-13-9-5-7-11-6-4-8-12(14(11)13)16(19)20-3/h4-10H,1-3H3,(H,17,18). The third-order valence-corrected chi connectivity index (χ3v) is 3.09. The lowest BCUT2D eigenvalue weighted by molar-refractivity contribution is -0.118. The van der Waals surface area contributed by atoms with E-state index in [4.69, 9.17) is 4.74 Å². The molecular weight excluding hydrogens is 254 g/mol. The first-order valence-electron chi connectivity index (χ1n) is 6.45. The highest BCUT2D eigenvalue weighted by Gasteiger charge is 2.15. The van der Waals surface area contributed by atoms with Gasteiger partial charge in [0.25, 0.3) is 0 Å². The van der Waals surface area contributed by atoms with Crippen molar-refractivity contribution < 1.29 is 14.3 Å². The van der Waals surface area contributed by atoms with Crippen LogP contribution in [0.3, 0.4) is 0 Å². The molecule has 0 aliphatic carbocycles. The highest BCUT2D eigenvalue weighted by atomic mass is 16.5. The SMILES string of the molecule is COC(=O)c1cccc2cccc(NC(=O)C(C)C)c12. The van der Waals surface area contributed by atoms with Gasteiger partial charge in [0.2, 0.25) is 5.91 Å². The topological polar surface area (TPSA) is 55.4 Å². The van der Waals surface area contributed by atoms with Crippen LogP contribution in [0.4, 0.5) is 5.69 Å². The highest BCUT2D eigenvalue weighted by molar-refractivity contribution is 6.12. The van der Waals surface area contributed by atoms with Crippen LogP contribution < -0.4 is 5.32 Å². The van der Waals surface area contributed by atoms with E-state index < -0.39 is 5.97 Å². The van der Waals surface area contributed by atoms with E-state index >= 15 is 0 Å². The summed E-state index contributed by atoms with van der Waals surface area (Å²) in [5.41, 5.74) is 1.08. The molecule has 0 aliphatic heterocycles. The molecule has 4 nitrogen and oxygen atoms in total. The van der Waals surface area contributed by atoms with Crippen molar-refractivity contribution in [2.75, 3.05) is 12.4 Å². The van der Waals surface area contributed by atoms with Gasteiger partial charge in [-0.2, -0.15) is 0 Å². The van der Waals surface area contributed by atoms with Gasteiger partial charge < -0.3 is 10.1 Å². The Morgan fingerprint density at radius 2 is 1.75 bits per heavy atom. The van der Waals surface area contributed by atoms with E-state index in [2.05, 4.69) is 5.32 Å². The minimum atomic E-state index is -0.415. The van der Waals surface area contributed by atoms with Gasteiger partial charge in [0.05, 0.1) is 12.7 Å². The van der Waals surface area contributed by atoms with E-state index in [0.717, 1.165) is 5.39 Å². The van der Waals surface area contributed by atoms with Gasteiger partial charge in [0, 0.05) is 17.0 Å². The molecule has 1 amide bonds. The lowest BCUT2D eigenvalue weighted by atomic mass is 10.0. The fraction of sp³-hybridized carbons (Fsp3) is 0.250. The number of anilines is 1. The maximum absolute atomic E-state index is 11.9. The molecule has 0 radical (unpaired) electrons. The van der Waals surface area contributed by atoms with Crippen LogP contribution in [0.5, 0.6) is 0 Å². The first-order valence-corrected chi connectivity index (χ1v) is 6.45. The summed E-state index contributed by atoms with van der Waals surface area (Å²) in [6.45, 7) is 3.64. The number of esters is 1. The highest BCUT2D eigenvalue weighted by Crippen LogP contribution is 2.28. The third-order valence-electron chi connectivity index (χ3n) is 3.09. The number of methoxy groups -OCH3 is 1. The van der Waals surface area contributed by atoms with E-state index in [1.807, 2.05) is 32.0 Å². The number of amides is 1. The molecule has 1 N–H and O–H groups in total. The number of hydrogen-bond donors (Lipinski definition) is 1. The van der Waals surface area contributed by atoms with Gasteiger partial charge in [0.1, 0.15) is 0 Å². The average Bonchev–Trinajstić information content (AvgIpc) is 2.45. The Labute approximate surface area is 117 Å². The van der Waals surface area contributed by atoms with Gasteiger partial charge in [-0.15, -0.1) is 0 Å². The minimum absolute atomic E-state index is 0.0860. The van der Waals surface area contributed by atoms with Crippen molar-refractivity contribution in [3.8, 4) is 0 Å². The normalized spacial score (nSPS) is 10.6. The van der Waals surface area contributed by atoms with Crippen LogP contribution in [0.15, 0.2) is 36.4 Å². The summed E-state index contributed by atoms with van der Waals surface area (Å²) >= 11 is 0. The molecule has 2 rings (SSSR count). The quantitative estimate of drug-likeness (QED) is 0.872. The molecule has 20 heavy (non-hydrogen) atoms. The molecule has 0 heterocycles. The summed E-state index contributed by atoms with van der Waals surface area (Å²) in [6, 6.07) is 10.9. The Balaban J connectivity index is 2.60. The van der Waals surface area contributed by atoms with Crippen LogP contribution in [0.2, 0.25) is 0 Å². The summed E-state index contributed by atoms with van der Waals surface area (Å²) < 4.78 is 4.80. The minimum Gasteiger partial charge on any atom is -0.465 e. The van der Waals surface area contributed by atoms with Crippen molar-refractivity contribution in [2.45, 2.75) is 13.8 Å². The Hall–Kier alpha value is -2.36. The predicted octanol–water partition coefficient (Wildman–Crippen LogP) is 3.22. The summed E-state index contributed by atoms with van der Waals surface area (Å²) in [4.78, 5) is 23.7. The van der Waals surface area contributed by atoms with Crippen LogP contribution in [-0.4, -0.2) is 19.0 Å². The third kappa shape index (κ3) is 2.64. The summed E-state index contributed by atoms with van der Waals surface area (Å²) in [7, 11) is 1.34. The van der Waals surface area contributed by atoms with Gasteiger partial charge in [-0.3, -0.25) is 4.79 Å². The van der Waals surface area contributed by atoms with Gasteiger partial charge >= 0.3 is 5.97 Å². The number of carbonyl (C=O) groups is 2. The smallest absolute Gasteiger partial charge is 0.338 e. The number of fused-ring (bicyclic) bond motifs is 1. The van der Waals surface area contributed by atoms with Gasteiger partial charge in [-0.25, -0.2) is 4.79 Å². The van der Waals surface area contributed by atoms with Crippen LogP contribution in [0, 0.1) is 5.92 Å². The number of carbonyl (C=O) groups excluding carboxylic acids is 2. The zero-order valence-corrected chi connectivity index (χ0v) is 11.8. The zero-order valence-electron chi connectivity index (χ0n) is 11.8. The first kappa shape index (κ1) is 14.1. The van der Waals surface area contributed by atoms with E-state index in [1.165, 1.54) is 7.11 Å². The molecule has 104 valence electrons. The van der Waals surface area contributed by atoms with Crippen molar-refractivity contribution in [2.24, 2.45) is 5.92 Å². The lowest BCUT2D eigenvalue weighted by Gasteiger charge is -2.13. The lowest BCUT2D eigenvalue weighted by Crippen LogP contribution is -2.18. The molecule has 0 unspecified atom stereocenters. The van der Waals surface area contributed by atoms with Crippen molar-refractivity contribution in [3.63, 3.8) is 0 Å². The average molecular weight is 271 g/mol. The predicted molar refractivity (Wildman–Crippen MR) is 78.8 cm³/mol. The van der Waals surface area contributed by atoms with E-state index in [1.54, 1.807) is 18.2 Å². The molecule has 0 aliphatic rings. The molecule has 0 atom stereocenters. The second-order valence-corrected chi connectivity index (χ2v) is 4.84. The largest absolute Gasteiger partial charge is 0.465 e. The number of hydrogen-bond acceptors (Lipinski definition) is 3. The van der Waals surface area contributed by atoms with Gasteiger partial charge in [0.15, 0.2) is 0 Å². The molecule has 0 spiro atoms. The second kappa shape index (κ2) is 5.74. The van der Waals surface area contributed by atoms with Crippen molar-refractivity contribution >= 4 is 28.3 Å². The van der Waals surface area contributed by atoms with Gasteiger partial charge in [-0.05, 0) is 17.5 Å². The Morgan fingerprint density at radius 1 is 1.10 bits per heavy atom. The van der Waals surface area contributed by atoms with E-state index in [0.29, 0.717) is 16.6 Å². The molecule has 0 aromatic heterocycles. The summed E-state index contributed by atoms with van der Waals surface area (Å²) in [5.74, 6) is -0.630. The zero-order chi connectivity index (χ0) is 14.7. The number of nitrogens with one attached hydrogen (secondary N) is 1. The maximum atomic E-state index is 11.9. The number of benzene rings is 2. The van der Waals surface area contributed by atoms with E-state index in [-0.39, 0.29) is 11.8 Å². The Kier molecular flexibility index (Phi) is 4.03. The Morgan fingerprint density at radius 3 is 2.35 bits per heavy atom. The van der Waals surface area contributed by atoms with Crippen LogP contribution in [-0.2, 0) is 9.53 Å². The fourth-order valence-electron chi connectivity index (χ4n) is 2.00. The summed E-state index contributed by atoms with van der Waals surface area (Å²) in [6.07, 6.45) is 0. The van der Waals surface area contributed by atoms with Crippen LogP contribution >= 0.6 is 0 Å². The van der Waals surface area contributed by atoms with Gasteiger partial charge in [-0.1, -0.05) is 38.1 Å². The molecular formula is C16H17NO3. The maximum Gasteiger partial charge on any atom is 0.338 e. The molecule has 0 saturated heterocycles. The molecule has 2 aromatic carbocycles. The second-order valence-electron chi connectivity index (χ2n) is 4.84. The van der Waals surface area contributed by atoms with Crippen LogP contribution in [0.1, 0.15) is 24.2 Å². The molecule has 0 saturated carbocycles. The number of rotatable bonds is 3. The summed E-state index contributed by atoms with van der Waals surface area (Å²) in [5, 5.41) is 4.45. The van der Waals surface area contributed by atoms with Crippen molar-refractivity contribution in [1.82, 2.24) is 0 Å². The Bertz CT molecular complexity index is 657. The fourth-order valence-corrected chi connectivity index (χ4v) is 2.00. The van der Waals surface area contributed by atoms with Crippen LogP contribution in [0.25, 0.3) is 10.8 Å². The molecule has 0 fully saturated rings. The van der Waals surface area contributed by atoms with Crippen molar-refractivity contribution in [1.29, 1.82) is 0 Å². The first-order chi connectivity index (χ1) is 9.54. The van der Waals surface area contributed by atoms with Crippen molar-refractivity contribution in [3.05, 3.63) is 42.0 Å². The molecule has 0 bridgehead atoms. The van der Waals surface area contributed by atoms with E-state index in [9.17, 15) is 9.59 Å². The molecule has 4 heteroatoms. The monoisotopic (exact) mass is 271 g/mol. The number of ether oxygens (including phenoxy) is 1.